The number of benzene rings is 2. The molecule has 2 fully saturated rings. The number of likely N-dealkylation sites (tertiary alicyclic amines) is 1. The zero-order valence-electron chi connectivity index (χ0n) is 16.4. The summed E-state index contributed by atoms with van der Waals surface area (Å²) in [4.78, 5) is 40.0. The molecule has 6 heteroatoms. The summed E-state index contributed by atoms with van der Waals surface area (Å²) in [5, 5.41) is 15.0. The first-order valence-corrected chi connectivity index (χ1v) is 9.44. The highest BCUT2D eigenvalue weighted by molar-refractivity contribution is 6.10. The molecule has 0 aliphatic carbocycles. The van der Waals surface area contributed by atoms with Crippen molar-refractivity contribution in [3.63, 3.8) is 0 Å². The number of rotatable bonds is 2. The molecule has 0 bridgehead atoms. The van der Waals surface area contributed by atoms with Crippen molar-refractivity contribution >= 4 is 28.6 Å². The van der Waals surface area contributed by atoms with Crippen LogP contribution in [-0.2, 0) is 14.4 Å². The van der Waals surface area contributed by atoms with Crippen molar-refractivity contribution in [2.45, 2.75) is 44.8 Å². The van der Waals surface area contributed by atoms with E-state index in [1.807, 2.05) is 42.5 Å². The first kappa shape index (κ1) is 18.6. The number of hydrogen-bond donors (Lipinski definition) is 2. The number of nitrogens with one attached hydrogen (secondary N) is 1. The Morgan fingerprint density at radius 1 is 1.07 bits per heavy atom. The van der Waals surface area contributed by atoms with Gasteiger partial charge in [0, 0.05) is 11.6 Å². The van der Waals surface area contributed by atoms with E-state index >= 15 is 0 Å². The topological polar surface area (TPSA) is 86.7 Å². The number of hydrogen-bond acceptors (Lipinski definition) is 4. The lowest BCUT2D eigenvalue weighted by molar-refractivity contribution is -0.152. The van der Waals surface area contributed by atoms with Crippen molar-refractivity contribution in [3.05, 3.63) is 48.0 Å². The number of nitrogens with zero attached hydrogens (tertiary/aromatic N) is 1. The standard InChI is InChI=1S/C22H24N2O4/c1-21(2,3)24-18(25)15-16(19(24)26)22(4,20(27)28)23-17(15)14-11-7-9-12-8-5-6-10-13(12)14/h5-11,15-17,23H,1-4H3,(H,27,28). The van der Waals surface area contributed by atoms with Gasteiger partial charge in [0.1, 0.15) is 5.54 Å². The molecule has 2 aromatic carbocycles. The summed E-state index contributed by atoms with van der Waals surface area (Å²) in [6, 6.07) is 13.0. The average Bonchev–Trinajstić information content (AvgIpc) is 3.08. The molecule has 4 rings (SSSR count). The van der Waals surface area contributed by atoms with Crippen LogP contribution in [0.2, 0.25) is 0 Å². The van der Waals surface area contributed by atoms with Crippen molar-refractivity contribution in [1.82, 2.24) is 10.2 Å². The second-order valence-corrected chi connectivity index (χ2v) is 8.88. The minimum atomic E-state index is -1.51. The summed E-state index contributed by atoms with van der Waals surface area (Å²) in [6.45, 7) is 6.89. The van der Waals surface area contributed by atoms with Crippen molar-refractivity contribution in [2.75, 3.05) is 0 Å². The molecular weight excluding hydrogens is 356 g/mol. The number of carboxylic acids is 1. The van der Waals surface area contributed by atoms with Gasteiger partial charge in [-0.05, 0) is 44.0 Å². The highest BCUT2D eigenvalue weighted by Crippen LogP contribution is 2.51. The van der Waals surface area contributed by atoms with Crippen LogP contribution in [0.3, 0.4) is 0 Å². The number of carboxylic acid groups (broad SMARTS) is 1. The summed E-state index contributed by atoms with van der Waals surface area (Å²) in [5.74, 6) is -3.54. The number of carbonyl (C=O) groups is 3. The van der Waals surface area contributed by atoms with Crippen molar-refractivity contribution in [3.8, 4) is 0 Å². The van der Waals surface area contributed by atoms with E-state index in [9.17, 15) is 19.5 Å². The van der Waals surface area contributed by atoms with Gasteiger partial charge in [-0.15, -0.1) is 0 Å². The molecule has 0 saturated carbocycles. The Morgan fingerprint density at radius 2 is 1.71 bits per heavy atom. The molecule has 2 heterocycles. The van der Waals surface area contributed by atoms with Gasteiger partial charge < -0.3 is 5.11 Å². The smallest absolute Gasteiger partial charge is 0.324 e. The van der Waals surface area contributed by atoms with E-state index in [-0.39, 0.29) is 5.91 Å². The molecular formula is C22H24N2O4. The maximum absolute atomic E-state index is 13.3. The van der Waals surface area contributed by atoms with Crippen LogP contribution in [0, 0.1) is 11.8 Å². The molecule has 0 aromatic heterocycles. The van der Waals surface area contributed by atoms with Crippen LogP contribution >= 0.6 is 0 Å². The monoisotopic (exact) mass is 380 g/mol. The average molecular weight is 380 g/mol. The molecule has 28 heavy (non-hydrogen) atoms. The maximum Gasteiger partial charge on any atom is 0.324 e. The zero-order chi connectivity index (χ0) is 20.4. The van der Waals surface area contributed by atoms with E-state index in [1.165, 1.54) is 11.8 Å². The highest BCUT2D eigenvalue weighted by atomic mass is 16.4. The minimum absolute atomic E-state index is 0.307. The second kappa shape index (κ2) is 5.88. The SMILES string of the molecule is CC1(C(=O)O)NC(c2cccc3ccccc23)C2C(=O)N(C(C)(C)C)C(=O)C21. The fraction of sp³-hybridized carbons (Fsp3) is 0.409. The predicted octanol–water partition coefficient (Wildman–Crippen LogP) is 2.73. The molecule has 2 N–H and O–H groups in total. The second-order valence-electron chi connectivity index (χ2n) is 8.88. The zero-order valence-corrected chi connectivity index (χ0v) is 16.4. The van der Waals surface area contributed by atoms with E-state index in [0.717, 1.165) is 16.3 Å². The Hall–Kier alpha value is -2.73. The fourth-order valence-corrected chi connectivity index (χ4v) is 4.79. The van der Waals surface area contributed by atoms with Crippen LogP contribution < -0.4 is 5.32 Å². The first-order chi connectivity index (χ1) is 13.1. The number of imide groups is 1. The van der Waals surface area contributed by atoms with Crippen LogP contribution in [0.15, 0.2) is 42.5 Å². The van der Waals surface area contributed by atoms with Gasteiger partial charge in [0.15, 0.2) is 0 Å². The van der Waals surface area contributed by atoms with E-state index in [1.54, 1.807) is 20.8 Å². The van der Waals surface area contributed by atoms with Gasteiger partial charge in [-0.3, -0.25) is 24.6 Å². The molecule has 2 aromatic rings. The Morgan fingerprint density at radius 3 is 2.36 bits per heavy atom. The van der Waals surface area contributed by atoms with Gasteiger partial charge >= 0.3 is 5.97 Å². The lowest BCUT2D eigenvalue weighted by Gasteiger charge is -2.34. The van der Waals surface area contributed by atoms with Gasteiger partial charge in [0.2, 0.25) is 11.8 Å². The molecule has 0 spiro atoms. The van der Waals surface area contributed by atoms with Crippen LogP contribution in [0.4, 0.5) is 0 Å². The van der Waals surface area contributed by atoms with Gasteiger partial charge in [0.05, 0.1) is 11.8 Å². The van der Waals surface area contributed by atoms with Gasteiger partial charge in [0.25, 0.3) is 0 Å². The van der Waals surface area contributed by atoms with E-state index in [0.29, 0.717) is 0 Å². The highest BCUT2D eigenvalue weighted by Gasteiger charge is 2.67. The van der Waals surface area contributed by atoms with Gasteiger partial charge in [-0.2, -0.15) is 0 Å². The molecule has 4 atom stereocenters. The number of aliphatic carboxylic acids is 1. The van der Waals surface area contributed by atoms with E-state index < -0.39 is 40.8 Å². The number of fused-ring (bicyclic) bond motifs is 2. The lowest BCUT2D eigenvalue weighted by atomic mass is 9.80. The minimum Gasteiger partial charge on any atom is -0.480 e. The number of carbonyl (C=O) groups excluding carboxylic acids is 2. The third kappa shape index (κ3) is 2.41. The first-order valence-electron chi connectivity index (χ1n) is 9.44. The van der Waals surface area contributed by atoms with Crippen LogP contribution in [0.25, 0.3) is 10.8 Å². The molecule has 146 valence electrons. The summed E-state index contributed by atoms with van der Waals surface area (Å²) in [5.41, 5.74) is -1.38. The van der Waals surface area contributed by atoms with Crippen molar-refractivity contribution in [1.29, 1.82) is 0 Å². The van der Waals surface area contributed by atoms with E-state index in [2.05, 4.69) is 5.32 Å². The van der Waals surface area contributed by atoms with Crippen LogP contribution in [0.5, 0.6) is 0 Å². The lowest BCUT2D eigenvalue weighted by Crippen LogP contribution is -2.55. The summed E-state index contributed by atoms with van der Waals surface area (Å²) < 4.78 is 0. The van der Waals surface area contributed by atoms with Gasteiger partial charge in [-0.1, -0.05) is 42.5 Å². The predicted molar refractivity (Wildman–Crippen MR) is 104 cm³/mol. The number of amides is 2. The molecule has 2 aliphatic heterocycles. The molecule has 2 saturated heterocycles. The van der Waals surface area contributed by atoms with E-state index in [4.69, 9.17) is 0 Å². The Kier molecular flexibility index (Phi) is 3.91. The van der Waals surface area contributed by atoms with Crippen molar-refractivity contribution in [2.24, 2.45) is 11.8 Å². The third-order valence-corrected chi connectivity index (χ3v) is 6.06. The molecule has 2 aliphatic rings. The molecule has 0 radical (unpaired) electrons. The van der Waals surface area contributed by atoms with Crippen LogP contribution in [-0.4, -0.2) is 38.9 Å². The van der Waals surface area contributed by atoms with Crippen molar-refractivity contribution < 1.29 is 19.5 Å². The molecule has 2 amide bonds. The summed E-state index contributed by atoms with van der Waals surface area (Å²) in [6.07, 6.45) is 0. The van der Waals surface area contributed by atoms with Gasteiger partial charge in [-0.25, -0.2) is 0 Å². The largest absolute Gasteiger partial charge is 0.480 e. The third-order valence-electron chi connectivity index (χ3n) is 6.06. The maximum atomic E-state index is 13.3. The molecule has 4 unspecified atom stereocenters. The summed E-state index contributed by atoms with van der Waals surface area (Å²) >= 11 is 0. The normalized spacial score (nSPS) is 30.1. The Balaban J connectivity index is 1.91. The van der Waals surface area contributed by atoms with Crippen LogP contribution in [0.1, 0.15) is 39.3 Å². The summed E-state index contributed by atoms with van der Waals surface area (Å²) in [7, 11) is 0. The fourth-order valence-electron chi connectivity index (χ4n) is 4.79. The Labute approximate surface area is 163 Å². The molecule has 6 nitrogen and oxygen atoms in total. The quantitative estimate of drug-likeness (QED) is 0.783. The Bertz CT molecular complexity index is 1000.